The van der Waals surface area contributed by atoms with Crippen LogP contribution in [0.15, 0.2) is 66.8 Å². The average Bonchev–Trinajstić information content (AvgIpc) is 3.48. The molecule has 2 aliphatic carbocycles. The number of benzene rings is 1. The van der Waals surface area contributed by atoms with Gasteiger partial charge in [0.15, 0.2) is 0 Å². The number of aliphatic hydroxyl groups excluding tert-OH is 1. The normalized spacial score (nSPS) is 24.7. The first-order valence-corrected chi connectivity index (χ1v) is 16.9. The minimum absolute atomic E-state index is 0.101. The summed E-state index contributed by atoms with van der Waals surface area (Å²) < 4.78 is 5.84. The standard InChI is InChI=1S/C36H41Cl2N5O3/c1-22(44)19-40-29-10-5-11-30-27(29)14-16-31(42-30)36(18-6-8-26(34(36)38)25-7-3-4-9-28(25)37)32-15-12-23(35(43-32)46-2)20-39-21-24-13-17-33(45)41-24/h3-4,6-9,12,14-16,18,22,24,29,34,39-40,44H,5,10-11,13,17,19-21H2,1-2H3,(H,41,45)/t22?,24-,29?,34?,36?/m0/s1. The van der Waals surface area contributed by atoms with Crippen molar-refractivity contribution < 1.29 is 14.6 Å². The molecule has 0 saturated carbocycles. The number of aliphatic hydroxyl groups is 1. The fourth-order valence-electron chi connectivity index (χ4n) is 6.84. The van der Waals surface area contributed by atoms with Crippen LogP contribution in [0.5, 0.6) is 5.88 Å². The zero-order valence-electron chi connectivity index (χ0n) is 26.2. The zero-order valence-corrected chi connectivity index (χ0v) is 27.7. The van der Waals surface area contributed by atoms with Crippen molar-refractivity contribution in [1.82, 2.24) is 25.9 Å². The maximum Gasteiger partial charge on any atom is 0.220 e. The number of pyridine rings is 2. The zero-order chi connectivity index (χ0) is 32.3. The van der Waals surface area contributed by atoms with Crippen LogP contribution in [-0.4, -0.2) is 58.7 Å². The van der Waals surface area contributed by atoms with E-state index >= 15 is 0 Å². The molecule has 8 nitrogen and oxygen atoms in total. The summed E-state index contributed by atoms with van der Waals surface area (Å²) >= 11 is 14.3. The average molecular weight is 663 g/mol. The highest BCUT2D eigenvalue weighted by molar-refractivity contribution is 6.34. The number of amides is 1. The second-order valence-electron chi connectivity index (χ2n) is 12.4. The van der Waals surface area contributed by atoms with Gasteiger partial charge in [-0.25, -0.2) is 4.98 Å². The monoisotopic (exact) mass is 661 g/mol. The van der Waals surface area contributed by atoms with Crippen LogP contribution in [0.3, 0.4) is 0 Å². The van der Waals surface area contributed by atoms with Crippen LogP contribution >= 0.6 is 23.2 Å². The molecule has 1 aromatic carbocycles. The highest BCUT2D eigenvalue weighted by Crippen LogP contribution is 2.48. The number of carbonyl (C=O) groups is 1. The third kappa shape index (κ3) is 6.60. The van der Waals surface area contributed by atoms with E-state index in [1.807, 2.05) is 48.6 Å². The second-order valence-corrected chi connectivity index (χ2v) is 13.3. The lowest BCUT2D eigenvalue weighted by Crippen LogP contribution is -2.40. The number of nitrogens with zero attached hydrogens (tertiary/aromatic N) is 2. The SMILES string of the molecule is COc1nc(C2(c3ccc4c(n3)CCCC4NCC(C)O)C=CC=C(c3ccccc3Cl)C2Cl)ccc1CNC[C@@H]1CCC(=O)N1. The molecule has 3 heterocycles. The lowest BCUT2D eigenvalue weighted by atomic mass is 9.70. The maximum absolute atomic E-state index is 11.6. The Hall–Kier alpha value is -3.27. The summed E-state index contributed by atoms with van der Waals surface area (Å²) in [5, 5.41) is 19.9. The van der Waals surface area contributed by atoms with Crippen molar-refractivity contribution in [2.75, 3.05) is 20.2 Å². The van der Waals surface area contributed by atoms with Crippen molar-refractivity contribution in [3.63, 3.8) is 0 Å². The molecule has 4 unspecified atom stereocenters. The number of methoxy groups -OCH3 is 1. The number of fused-ring (bicyclic) bond motifs is 1. The Morgan fingerprint density at radius 2 is 1.91 bits per heavy atom. The number of carbonyl (C=O) groups excluding carboxylic acids is 1. The number of allylic oxidation sites excluding steroid dienone is 4. The Labute approximate surface area is 280 Å². The first-order valence-electron chi connectivity index (χ1n) is 16.0. The van der Waals surface area contributed by atoms with Crippen molar-refractivity contribution in [1.29, 1.82) is 0 Å². The molecule has 1 saturated heterocycles. The van der Waals surface area contributed by atoms with Crippen LogP contribution in [0.1, 0.15) is 72.4 Å². The van der Waals surface area contributed by atoms with E-state index in [-0.39, 0.29) is 18.0 Å². The predicted octanol–water partition coefficient (Wildman–Crippen LogP) is 5.40. The van der Waals surface area contributed by atoms with E-state index in [0.717, 1.165) is 65.0 Å². The number of aromatic nitrogens is 2. The molecule has 3 aromatic rings. The second kappa shape index (κ2) is 14.2. The number of hydrogen-bond donors (Lipinski definition) is 4. The van der Waals surface area contributed by atoms with Crippen LogP contribution in [-0.2, 0) is 23.2 Å². The van der Waals surface area contributed by atoms with Crippen molar-refractivity contribution in [3.8, 4) is 5.88 Å². The molecule has 242 valence electrons. The fourth-order valence-corrected chi connectivity index (χ4v) is 7.57. The molecule has 2 aromatic heterocycles. The van der Waals surface area contributed by atoms with Crippen LogP contribution < -0.4 is 20.7 Å². The summed E-state index contributed by atoms with van der Waals surface area (Å²) in [5.41, 5.74) is 5.44. The molecule has 6 rings (SSSR count). The summed E-state index contributed by atoms with van der Waals surface area (Å²) in [5.74, 6) is 0.607. The highest BCUT2D eigenvalue weighted by atomic mass is 35.5. The summed E-state index contributed by atoms with van der Waals surface area (Å²) in [6.07, 6.45) is 9.95. The van der Waals surface area contributed by atoms with Crippen LogP contribution in [0.2, 0.25) is 5.02 Å². The lowest BCUT2D eigenvalue weighted by molar-refractivity contribution is -0.119. The third-order valence-corrected chi connectivity index (χ3v) is 10.1. The lowest BCUT2D eigenvalue weighted by Gasteiger charge is -2.39. The highest BCUT2D eigenvalue weighted by Gasteiger charge is 2.46. The molecule has 3 aliphatic rings. The molecule has 1 fully saturated rings. The van der Waals surface area contributed by atoms with E-state index in [1.54, 1.807) is 14.0 Å². The summed E-state index contributed by atoms with van der Waals surface area (Å²) in [6.45, 7) is 3.53. The number of nitrogens with one attached hydrogen (secondary N) is 3. The van der Waals surface area contributed by atoms with Gasteiger partial charge >= 0.3 is 0 Å². The first-order chi connectivity index (χ1) is 22.3. The molecule has 0 spiro atoms. The molecule has 1 amide bonds. The topological polar surface area (TPSA) is 108 Å². The van der Waals surface area contributed by atoms with E-state index in [4.69, 9.17) is 37.9 Å². The molecular weight excluding hydrogens is 621 g/mol. The summed E-state index contributed by atoms with van der Waals surface area (Å²) in [7, 11) is 1.63. The molecular formula is C36H41Cl2N5O3. The van der Waals surface area contributed by atoms with Crippen molar-refractivity contribution in [3.05, 3.63) is 106 Å². The van der Waals surface area contributed by atoms with E-state index in [0.29, 0.717) is 37.0 Å². The number of rotatable bonds is 11. The maximum atomic E-state index is 11.6. The molecule has 0 radical (unpaired) electrons. The van der Waals surface area contributed by atoms with Gasteiger partial charge in [0.25, 0.3) is 0 Å². The Bertz CT molecular complexity index is 1640. The van der Waals surface area contributed by atoms with Gasteiger partial charge in [0.2, 0.25) is 11.8 Å². The molecule has 5 atom stereocenters. The Kier molecular flexibility index (Phi) is 10.1. The van der Waals surface area contributed by atoms with Crippen LogP contribution in [0.4, 0.5) is 0 Å². The largest absolute Gasteiger partial charge is 0.481 e. The van der Waals surface area contributed by atoms with E-state index < -0.39 is 16.9 Å². The van der Waals surface area contributed by atoms with Gasteiger partial charge in [0.05, 0.1) is 35.4 Å². The third-order valence-electron chi connectivity index (χ3n) is 9.21. The molecule has 0 bridgehead atoms. The van der Waals surface area contributed by atoms with Gasteiger partial charge in [0, 0.05) is 54.4 Å². The first kappa shape index (κ1) is 32.7. The van der Waals surface area contributed by atoms with Crippen molar-refractivity contribution in [2.24, 2.45) is 0 Å². The minimum atomic E-state index is -0.923. The summed E-state index contributed by atoms with van der Waals surface area (Å²) in [4.78, 5) is 22.0. The molecule has 4 N–H and O–H groups in total. The number of hydrogen-bond acceptors (Lipinski definition) is 7. The van der Waals surface area contributed by atoms with Gasteiger partial charge in [-0.05, 0) is 67.5 Å². The Morgan fingerprint density at radius 1 is 1.11 bits per heavy atom. The molecule has 1 aliphatic heterocycles. The van der Waals surface area contributed by atoms with Gasteiger partial charge in [-0.3, -0.25) is 9.78 Å². The van der Waals surface area contributed by atoms with E-state index in [2.05, 4.69) is 34.2 Å². The van der Waals surface area contributed by atoms with Crippen LogP contribution in [0.25, 0.3) is 5.57 Å². The van der Waals surface area contributed by atoms with Crippen molar-refractivity contribution >= 4 is 34.7 Å². The molecule has 10 heteroatoms. The van der Waals surface area contributed by atoms with Gasteiger partial charge in [0.1, 0.15) is 0 Å². The number of alkyl halides is 1. The molecule has 46 heavy (non-hydrogen) atoms. The quantitative estimate of drug-likeness (QED) is 0.204. The number of aryl methyl sites for hydroxylation is 1. The number of halogens is 2. The minimum Gasteiger partial charge on any atom is -0.481 e. The fraction of sp³-hybridized carbons (Fsp3) is 0.417. The van der Waals surface area contributed by atoms with E-state index in [9.17, 15) is 9.90 Å². The smallest absolute Gasteiger partial charge is 0.220 e. The summed E-state index contributed by atoms with van der Waals surface area (Å²) in [6, 6.07) is 16.3. The van der Waals surface area contributed by atoms with Gasteiger partial charge in [-0.2, -0.15) is 0 Å². The number of ether oxygens (including phenoxy) is 1. The van der Waals surface area contributed by atoms with Gasteiger partial charge in [-0.1, -0.05) is 60.2 Å². The van der Waals surface area contributed by atoms with Gasteiger partial charge < -0.3 is 25.8 Å². The Morgan fingerprint density at radius 3 is 2.67 bits per heavy atom. The predicted molar refractivity (Wildman–Crippen MR) is 182 cm³/mol. The van der Waals surface area contributed by atoms with E-state index in [1.165, 1.54) is 0 Å². The van der Waals surface area contributed by atoms with Crippen LogP contribution in [0, 0.1) is 0 Å². The Balaban J connectivity index is 1.39. The van der Waals surface area contributed by atoms with Crippen molar-refractivity contribution in [2.45, 2.75) is 74.6 Å². The van der Waals surface area contributed by atoms with Gasteiger partial charge in [-0.15, -0.1) is 11.6 Å².